The maximum atomic E-state index is 13.0. The van der Waals surface area contributed by atoms with Gasteiger partial charge in [-0.25, -0.2) is 0 Å². The quantitative estimate of drug-likeness (QED) is 0.538. The molecule has 2 aliphatic rings. The molecule has 0 bridgehead atoms. The molecule has 0 radical (unpaired) electrons. The van der Waals surface area contributed by atoms with E-state index in [1.54, 1.807) is 20.0 Å². The number of nitrogens with zero attached hydrogens (tertiary/aromatic N) is 2. The molecule has 1 aromatic carbocycles. The molecule has 27 heavy (non-hydrogen) atoms. The lowest BCUT2D eigenvalue weighted by molar-refractivity contribution is -0.383. The van der Waals surface area contributed by atoms with Crippen LogP contribution in [0.5, 0.6) is 0 Å². The zero-order valence-corrected chi connectivity index (χ0v) is 16.1. The number of carbonyl (C=O) groups excluding carboxylic acids is 1. The van der Waals surface area contributed by atoms with E-state index in [4.69, 9.17) is 0 Å². The monoisotopic (exact) mass is 376 g/mol. The number of carbonyl (C=O) groups is 1. The Morgan fingerprint density at radius 1 is 1.30 bits per heavy atom. The third kappa shape index (κ3) is 4.16. The van der Waals surface area contributed by atoms with Gasteiger partial charge in [-0.2, -0.15) is 0 Å². The molecule has 0 spiro atoms. The molecule has 8 nitrogen and oxygen atoms in total. The number of benzene rings is 1. The molecule has 2 fully saturated rings. The predicted molar refractivity (Wildman–Crippen MR) is 104 cm³/mol. The Labute approximate surface area is 159 Å². The minimum atomic E-state index is -0.811. The Kier molecular flexibility index (Phi) is 5.28. The van der Waals surface area contributed by atoms with E-state index in [-0.39, 0.29) is 23.2 Å². The van der Waals surface area contributed by atoms with Crippen LogP contribution in [0.3, 0.4) is 0 Å². The zero-order valence-electron chi connectivity index (χ0n) is 16.1. The van der Waals surface area contributed by atoms with Gasteiger partial charge in [0.2, 0.25) is 0 Å². The van der Waals surface area contributed by atoms with Gasteiger partial charge in [0.1, 0.15) is 5.69 Å². The first-order valence-electron chi connectivity index (χ1n) is 9.48. The Bertz CT molecular complexity index is 733. The second kappa shape index (κ2) is 7.34. The molecule has 148 valence electrons. The maximum Gasteiger partial charge on any atom is 0.293 e. The van der Waals surface area contributed by atoms with Gasteiger partial charge in [-0.1, -0.05) is 6.92 Å². The summed E-state index contributed by atoms with van der Waals surface area (Å²) in [6.07, 6.45) is 4.01. The number of hydrogen-bond donors (Lipinski definition) is 3. The fraction of sp³-hybridized carbons (Fsp3) is 0.632. The summed E-state index contributed by atoms with van der Waals surface area (Å²) in [4.78, 5) is 25.8. The van der Waals surface area contributed by atoms with Crippen molar-refractivity contribution in [2.75, 3.05) is 30.4 Å². The van der Waals surface area contributed by atoms with E-state index < -0.39 is 10.5 Å². The van der Waals surface area contributed by atoms with E-state index in [1.807, 2.05) is 4.90 Å². The molecular formula is C19H28N4O4. The van der Waals surface area contributed by atoms with Crippen LogP contribution in [-0.4, -0.2) is 47.7 Å². The molecule has 3 rings (SSSR count). The third-order valence-corrected chi connectivity index (χ3v) is 5.58. The molecule has 0 aromatic heterocycles. The summed E-state index contributed by atoms with van der Waals surface area (Å²) in [6.45, 7) is 4.72. The van der Waals surface area contributed by atoms with E-state index in [1.165, 1.54) is 6.07 Å². The molecular weight excluding hydrogens is 348 g/mol. The Balaban J connectivity index is 1.89. The van der Waals surface area contributed by atoms with Crippen LogP contribution in [0, 0.1) is 16.0 Å². The van der Waals surface area contributed by atoms with Crippen LogP contribution in [0.15, 0.2) is 12.1 Å². The zero-order chi connectivity index (χ0) is 19.8. The summed E-state index contributed by atoms with van der Waals surface area (Å²) >= 11 is 0. The van der Waals surface area contributed by atoms with Gasteiger partial charge in [-0.3, -0.25) is 14.9 Å². The van der Waals surface area contributed by atoms with Crippen LogP contribution < -0.4 is 15.5 Å². The average Bonchev–Trinajstić information content (AvgIpc) is 2.60. The van der Waals surface area contributed by atoms with Crippen molar-refractivity contribution in [3.05, 3.63) is 27.8 Å². The van der Waals surface area contributed by atoms with Crippen LogP contribution in [0.25, 0.3) is 0 Å². The average molecular weight is 376 g/mol. The summed E-state index contributed by atoms with van der Waals surface area (Å²) in [5.41, 5.74) is 0.308. The normalized spacial score (nSPS) is 24.1. The number of rotatable bonds is 5. The van der Waals surface area contributed by atoms with Crippen molar-refractivity contribution in [2.24, 2.45) is 5.92 Å². The Morgan fingerprint density at radius 3 is 2.44 bits per heavy atom. The van der Waals surface area contributed by atoms with Crippen LogP contribution in [-0.2, 0) is 0 Å². The Morgan fingerprint density at radius 2 is 1.93 bits per heavy atom. The summed E-state index contributed by atoms with van der Waals surface area (Å²) in [5.74, 6) is 0.384. The third-order valence-electron chi connectivity index (χ3n) is 5.58. The summed E-state index contributed by atoms with van der Waals surface area (Å²) in [7, 11) is 1.61. The predicted octanol–water partition coefficient (Wildman–Crippen LogP) is 2.52. The number of amides is 1. The molecule has 3 N–H and O–H groups in total. The second-order valence-electron chi connectivity index (χ2n) is 8.18. The second-order valence-corrected chi connectivity index (χ2v) is 8.18. The molecule has 1 aromatic rings. The number of anilines is 2. The van der Waals surface area contributed by atoms with Gasteiger partial charge >= 0.3 is 0 Å². The molecule has 1 amide bonds. The summed E-state index contributed by atoms with van der Waals surface area (Å²) in [6, 6.07) is 3.07. The largest absolute Gasteiger partial charge is 0.386 e. The van der Waals surface area contributed by atoms with Crippen molar-refractivity contribution < 1.29 is 14.8 Å². The maximum absolute atomic E-state index is 13.0. The first-order chi connectivity index (χ1) is 12.7. The van der Waals surface area contributed by atoms with Gasteiger partial charge in [0.15, 0.2) is 0 Å². The minimum Gasteiger partial charge on any atom is -0.386 e. The molecule has 1 saturated carbocycles. The SMILES string of the molecule is CNc1cc(N2CC(C)(O)C2)c(C(=O)NC2CCC(C)CC2)cc1[N+](=O)[O-]. The van der Waals surface area contributed by atoms with Gasteiger partial charge in [-0.05, 0) is 44.6 Å². The van der Waals surface area contributed by atoms with E-state index in [0.29, 0.717) is 30.4 Å². The van der Waals surface area contributed by atoms with Crippen LogP contribution in [0.2, 0.25) is 0 Å². The molecule has 1 aliphatic carbocycles. The first-order valence-corrected chi connectivity index (χ1v) is 9.48. The molecule has 1 aliphatic heterocycles. The molecule has 1 heterocycles. The fourth-order valence-electron chi connectivity index (χ4n) is 3.99. The molecule has 0 unspecified atom stereocenters. The minimum absolute atomic E-state index is 0.101. The van der Waals surface area contributed by atoms with E-state index in [9.17, 15) is 20.0 Å². The molecule has 1 saturated heterocycles. The number of hydrogen-bond acceptors (Lipinski definition) is 6. The standard InChI is InChI=1S/C19H28N4O4/c1-12-4-6-13(7-5-12)21-18(24)14-8-17(23(26)27)15(20-3)9-16(14)22-10-19(2,25)11-22/h8-9,12-13,20,25H,4-7,10-11H2,1-3H3,(H,21,24). The van der Waals surface area contributed by atoms with Crippen molar-refractivity contribution in [3.8, 4) is 0 Å². The number of nitro groups is 1. The van der Waals surface area contributed by atoms with Crippen molar-refractivity contribution in [1.82, 2.24) is 5.32 Å². The lowest BCUT2D eigenvalue weighted by Crippen LogP contribution is -2.60. The van der Waals surface area contributed by atoms with Crippen LogP contribution in [0.1, 0.15) is 49.9 Å². The van der Waals surface area contributed by atoms with Gasteiger partial charge < -0.3 is 20.6 Å². The Hall–Kier alpha value is -2.35. The van der Waals surface area contributed by atoms with Crippen molar-refractivity contribution in [3.63, 3.8) is 0 Å². The molecule has 0 atom stereocenters. The lowest BCUT2D eigenvalue weighted by Gasteiger charge is -2.46. The van der Waals surface area contributed by atoms with E-state index >= 15 is 0 Å². The van der Waals surface area contributed by atoms with Crippen LogP contribution >= 0.6 is 0 Å². The van der Waals surface area contributed by atoms with Gasteiger partial charge in [0, 0.05) is 32.2 Å². The highest BCUT2D eigenvalue weighted by Crippen LogP contribution is 2.37. The summed E-state index contributed by atoms with van der Waals surface area (Å²) < 4.78 is 0. The van der Waals surface area contributed by atoms with Crippen molar-refractivity contribution >= 4 is 23.0 Å². The van der Waals surface area contributed by atoms with Crippen molar-refractivity contribution in [2.45, 2.75) is 51.2 Å². The topological polar surface area (TPSA) is 108 Å². The highest BCUT2D eigenvalue weighted by molar-refractivity contribution is 6.02. The number of nitro benzene ring substituents is 1. The smallest absolute Gasteiger partial charge is 0.293 e. The highest BCUT2D eigenvalue weighted by Gasteiger charge is 2.39. The van der Waals surface area contributed by atoms with E-state index in [0.717, 1.165) is 25.7 Å². The molecule has 8 heteroatoms. The van der Waals surface area contributed by atoms with Gasteiger partial charge in [0.05, 0.1) is 21.8 Å². The van der Waals surface area contributed by atoms with E-state index in [2.05, 4.69) is 17.6 Å². The van der Waals surface area contributed by atoms with Gasteiger partial charge in [0.25, 0.3) is 11.6 Å². The number of β-amino-alcohol motifs (C(OH)–C–C–N with tert-alkyl or cyclic N) is 1. The summed E-state index contributed by atoms with van der Waals surface area (Å²) in [5, 5.41) is 27.4. The lowest BCUT2D eigenvalue weighted by atomic mass is 9.87. The van der Waals surface area contributed by atoms with Crippen molar-refractivity contribution in [1.29, 1.82) is 0 Å². The first kappa shape index (κ1) is 19.4. The fourth-order valence-corrected chi connectivity index (χ4v) is 3.99. The van der Waals surface area contributed by atoms with Crippen LogP contribution in [0.4, 0.5) is 17.1 Å². The number of aliphatic hydroxyl groups is 1. The number of nitrogens with one attached hydrogen (secondary N) is 2. The highest BCUT2D eigenvalue weighted by atomic mass is 16.6. The van der Waals surface area contributed by atoms with Gasteiger partial charge in [-0.15, -0.1) is 0 Å².